The van der Waals surface area contributed by atoms with Gasteiger partial charge in [0.2, 0.25) is 0 Å². The molecule has 0 unspecified atom stereocenters. The van der Waals surface area contributed by atoms with Crippen molar-refractivity contribution in [2.75, 3.05) is 18.5 Å². The minimum atomic E-state index is -0.0686. The van der Waals surface area contributed by atoms with E-state index in [9.17, 15) is 5.11 Å². The van der Waals surface area contributed by atoms with E-state index < -0.39 is 0 Å². The Morgan fingerprint density at radius 1 is 1.26 bits per heavy atom. The molecule has 19 heavy (non-hydrogen) atoms. The van der Waals surface area contributed by atoms with Gasteiger partial charge in [-0.1, -0.05) is 41.9 Å². The first-order chi connectivity index (χ1) is 9.20. The van der Waals surface area contributed by atoms with Gasteiger partial charge in [0.15, 0.2) is 0 Å². The molecule has 100 valence electrons. The van der Waals surface area contributed by atoms with Gasteiger partial charge in [-0.3, -0.25) is 0 Å². The fourth-order valence-electron chi connectivity index (χ4n) is 1.85. The van der Waals surface area contributed by atoms with Gasteiger partial charge in [0.25, 0.3) is 0 Å². The maximum Gasteiger partial charge on any atom is 0.128 e. The molecule has 0 radical (unpaired) electrons. The Kier molecular flexibility index (Phi) is 4.77. The molecule has 0 aliphatic carbocycles. The average molecular weight is 277 g/mol. The molecule has 2 aromatic rings. The van der Waals surface area contributed by atoms with Crippen LogP contribution in [0.3, 0.4) is 0 Å². The van der Waals surface area contributed by atoms with Gasteiger partial charge >= 0.3 is 0 Å². The zero-order valence-corrected chi connectivity index (χ0v) is 11.6. The average Bonchev–Trinajstić information content (AvgIpc) is 2.46. The standard InChI is InChI=1S/C15H17ClN2O/c1-18(8-7-12-5-3-2-4-6-12)15-9-13(11-19)14(16)10-17-15/h2-6,9-10,19H,7-8,11H2,1H3. The summed E-state index contributed by atoms with van der Waals surface area (Å²) < 4.78 is 0. The van der Waals surface area contributed by atoms with Gasteiger partial charge in [-0.25, -0.2) is 4.98 Å². The van der Waals surface area contributed by atoms with Gasteiger partial charge in [0.05, 0.1) is 11.6 Å². The quantitative estimate of drug-likeness (QED) is 0.912. The molecule has 4 heteroatoms. The summed E-state index contributed by atoms with van der Waals surface area (Å²) in [6.45, 7) is 0.796. The fraction of sp³-hybridized carbons (Fsp3) is 0.267. The van der Waals surface area contributed by atoms with Crippen molar-refractivity contribution >= 4 is 17.4 Å². The highest BCUT2D eigenvalue weighted by Crippen LogP contribution is 2.20. The number of halogens is 1. The summed E-state index contributed by atoms with van der Waals surface area (Å²) in [5, 5.41) is 9.70. The number of aliphatic hydroxyl groups is 1. The van der Waals surface area contributed by atoms with E-state index in [0.29, 0.717) is 10.6 Å². The summed E-state index contributed by atoms with van der Waals surface area (Å²) in [6, 6.07) is 12.2. The van der Waals surface area contributed by atoms with Crippen LogP contribution in [-0.2, 0) is 13.0 Å². The molecule has 0 aliphatic rings. The van der Waals surface area contributed by atoms with Crippen LogP contribution >= 0.6 is 11.6 Å². The molecule has 0 fully saturated rings. The third-order valence-electron chi connectivity index (χ3n) is 3.06. The van der Waals surface area contributed by atoms with E-state index in [1.807, 2.05) is 31.3 Å². The number of pyridine rings is 1. The second kappa shape index (κ2) is 6.55. The van der Waals surface area contributed by atoms with E-state index in [-0.39, 0.29) is 6.61 Å². The Hall–Kier alpha value is -1.58. The van der Waals surface area contributed by atoms with Crippen LogP contribution in [0.1, 0.15) is 11.1 Å². The lowest BCUT2D eigenvalue weighted by atomic mass is 10.1. The zero-order chi connectivity index (χ0) is 13.7. The second-order valence-corrected chi connectivity index (χ2v) is 4.86. The predicted octanol–water partition coefficient (Wildman–Crippen LogP) is 2.91. The Balaban J connectivity index is 2.02. The Morgan fingerprint density at radius 2 is 2.00 bits per heavy atom. The van der Waals surface area contributed by atoms with E-state index in [2.05, 4.69) is 22.0 Å². The lowest BCUT2D eigenvalue weighted by Crippen LogP contribution is -2.21. The molecule has 0 saturated heterocycles. The van der Waals surface area contributed by atoms with E-state index in [4.69, 9.17) is 11.6 Å². The highest BCUT2D eigenvalue weighted by atomic mass is 35.5. The lowest BCUT2D eigenvalue weighted by molar-refractivity contribution is 0.282. The van der Waals surface area contributed by atoms with Gasteiger partial charge in [-0.2, -0.15) is 0 Å². The Labute approximate surface area is 118 Å². The molecule has 3 nitrogen and oxygen atoms in total. The summed E-state index contributed by atoms with van der Waals surface area (Å²) in [5.74, 6) is 0.824. The molecule has 0 spiro atoms. The summed E-state index contributed by atoms with van der Waals surface area (Å²) in [6.07, 6.45) is 2.54. The molecular formula is C15H17ClN2O. The number of benzene rings is 1. The number of nitrogens with zero attached hydrogens (tertiary/aromatic N) is 2. The molecule has 0 saturated carbocycles. The maximum absolute atomic E-state index is 9.20. The summed E-state index contributed by atoms with van der Waals surface area (Å²) >= 11 is 5.93. The Bertz CT molecular complexity index is 531. The molecule has 1 N–H and O–H groups in total. The van der Waals surface area contributed by atoms with E-state index in [1.54, 1.807) is 6.20 Å². The topological polar surface area (TPSA) is 36.4 Å². The van der Waals surface area contributed by atoms with Crippen LogP contribution < -0.4 is 4.90 Å². The number of hydrogen-bond acceptors (Lipinski definition) is 3. The van der Waals surface area contributed by atoms with Crippen LogP contribution in [0.15, 0.2) is 42.6 Å². The van der Waals surface area contributed by atoms with Crippen LogP contribution in [0, 0.1) is 0 Å². The maximum atomic E-state index is 9.20. The van der Waals surface area contributed by atoms with Crippen molar-refractivity contribution in [2.45, 2.75) is 13.0 Å². The summed E-state index contributed by atoms with van der Waals surface area (Å²) in [7, 11) is 1.99. The van der Waals surface area contributed by atoms with Crippen molar-refractivity contribution in [1.29, 1.82) is 0 Å². The van der Waals surface area contributed by atoms with Gasteiger partial charge in [0, 0.05) is 25.4 Å². The fourth-order valence-corrected chi connectivity index (χ4v) is 2.02. The molecule has 0 amide bonds. The number of aliphatic hydroxyl groups excluding tert-OH is 1. The largest absolute Gasteiger partial charge is 0.392 e. The van der Waals surface area contributed by atoms with Crippen molar-refractivity contribution in [3.05, 3.63) is 58.7 Å². The van der Waals surface area contributed by atoms with Crippen LogP contribution in [-0.4, -0.2) is 23.7 Å². The molecule has 0 aliphatic heterocycles. The van der Waals surface area contributed by atoms with Crippen molar-refractivity contribution in [1.82, 2.24) is 4.98 Å². The highest BCUT2D eigenvalue weighted by Gasteiger charge is 2.06. The lowest BCUT2D eigenvalue weighted by Gasteiger charge is -2.19. The number of hydrogen-bond donors (Lipinski definition) is 1. The molecule has 0 atom stereocenters. The van der Waals surface area contributed by atoms with Crippen LogP contribution in [0.4, 0.5) is 5.82 Å². The van der Waals surface area contributed by atoms with E-state index in [0.717, 1.165) is 18.8 Å². The number of aromatic nitrogens is 1. The molecule has 1 heterocycles. The first kappa shape index (κ1) is 13.8. The van der Waals surface area contributed by atoms with E-state index in [1.165, 1.54) is 5.56 Å². The highest BCUT2D eigenvalue weighted by molar-refractivity contribution is 6.31. The monoisotopic (exact) mass is 276 g/mol. The predicted molar refractivity (Wildman–Crippen MR) is 78.6 cm³/mol. The number of rotatable bonds is 5. The zero-order valence-electron chi connectivity index (χ0n) is 10.9. The smallest absolute Gasteiger partial charge is 0.128 e. The third kappa shape index (κ3) is 3.69. The van der Waals surface area contributed by atoms with Gasteiger partial charge in [-0.05, 0) is 18.1 Å². The molecular weight excluding hydrogens is 260 g/mol. The second-order valence-electron chi connectivity index (χ2n) is 4.45. The summed E-state index contributed by atoms with van der Waals surface area (Å²) in [5.41, 5.74) is 2.00. The van der Waals surface area contributed by atoms with E-state index >= 15 is 0 Å². The number of anilines is 1. The first-order valence-corrected chi connectivity index (χ1v) is 6.59. The van der Waals surface area contributed by atoms with Crippen LogP contribution in [0.25, 0.3) is 0 Å². The normalized spacial score (nSPS) is 10.5. The Morgan fingerprint density at radius 3 is 2.68 bits per heavy atom. The van der Waals surface area contributed by atoms with Crippen molar-refractivity contribution in [3.63, 3.8) is 0 Å². The van der Waals surface area contributed by atoms with Gasteiger partial charge in [0.1, 0.15) is 5.82 Å². The van der Waals surface area contributed by atoms with Gasteiger partial charge < -0.3 is 10.0 Å². The van der Waals surface area contributed by atoms with Crippen molar-refractivity contribution in [2.24, 2.45) is 0 Å². The van der Waals surface area contributed by atoms with Crippen LogP contribution in [0.2, 0.25) is 5.02 Å². The number of likely N-dealkylation sites (N-methyl/N-ethyl adjacent to an activating group) is 1. The minimum Gasteiger partial charge on any atom is -0.392 e. The molecule has 0 bridgehead atoms. The van der Waals surface area contributed by atoms with Crippen molar-refractivity contribution in [3.8, 4) is 0 Å². The molecule has 1 aromatic heterocycles. The minimum absolute atomic E-state index is 0.0686. The molecule has 1 aromatic carbocycles. The first-order valence-electron chi connectivity index (χ1n) is 6.21. The van der Waals surface area contributed by atoms with Gasteiger partial charge in [-0.15, -0.1) is 0 Å². The summed E-state index contributed by atoms with van der Waals surface area (Å²) in [4.78, 5) is 6.34. The molecule has 2 rings (SSSR count). The SMILES string of the molecule is CN(CCc1ccccc1)c1cc(CO)c(Cl)cn1. The van der Waals surface area contributed by atoms with Crippen molar-refractivity contribution < 1.29 is 5.11 Å². The van der Waals surface area contributed by atoms with Crippen LogP contribution in [0.5, 0.6) is 0 Å². The third-order valence-corrected chi connectivity index (χ3v) is 3.40.